The summed E-state index contributed by atoms with van der Waals surface area (Å²) in [7, 11) is 1.99. The third kappa shape index (κ3) is 1.85. The molecule has 1 N–H and O–H groups in total. The number of hydrogen-bond acceptors (Lipinski definition) is 2. The minimum absolute atomic E-state index is 0.653. The standard InChI is InChI=1S/C10H12ClNS/c1-12-6-7-5-8-9(11)3-2-4-10(8)13-7/h2-4,7,12H,5-6H2,1H3. The summed E-state index contributed by atoms with van der Waals surface area (Å²) in [5.41, 5.74) is 1.33. The van der Waals surface area contributed by atoms with Crippen molar-refractivity contribution < 1.29 is 0 Å². The summed E-state index contributed by atoms with van der Waals surface area (Å²) in [6.45, 7) is 1.05. The van der Waals surface area contributed by atoms with Crippen molar-refractivity contribution in [2.24, 2.45) is 0 Å². The second-order valence-electron chi connectivity index (χ2n) is 3.22. The van der Waals surface area contributed by atoms with Crippen molar-refractivity contribution in [1.82, 2.24) is 5.32 Å². The number of halogens is 1. The number of fused-ring (bicyclic) bond motifs is 1. The second kappa shape index (κ2) is 3.91. The average Bonchev–Trinajstić information content (AvgIpc) is 2.49. The Morgan fingerprint density at radius 1 is 1.62 bits per heavy atom. The van der Waals surface area contributed by atoms with Gasteiger partial charge >= 0.3 is 0 Å². The summed E-state index contributed by atoms with van der Waals surface area (Å²) >= 11 is 8.03. The van der Waals surface area contributed by atoms with E-state index in [4.69, 9.17) is 11.6 Å². The van der Waals surface area contributed by atoms with Crippen LogP contribution in [0.25, 0.3) is 0 Å². The van der Waals surface area contributed by atoms with Gasteiger partial charge < -0.3 is 5.32 Å². The molecule has 13 heavy (non-hydrogen) atoms. The molecule has 0 bridgehead atoms. The van der Waals surface area contributed by atoms with Gasteiger partial charge in [-0.05, 0) is 31.2 Å². The van der Waals surface area contributed by atoms with E-state index in [1.54, 1.807) is 0 Å². The van der Waals surface area contributed by atoms with E-state index in [2.05, 4.69) is 11.4 Å². The largest absolute Gasteiger partial charge is 0.319 e. The predicted octanol–water partition coefficient (Wildman–Crippen LogP) is 2.58. The molecule has 1 aliphatic rings. The maximum Gasteiger partial charge on any atom is 0.0449 e. The first-order chi connectivity index (χ1) is 6.31. The summed E-state index contributed by atoms with van der Waals surface area (Å²) in [5.74, 6) is 0. The van der Waals surface area contributed by atoms with Crippen molar-refractivity contribution in [3.8, 4) is 0 Å². The molecule has 1 nitrogen and oxygen atoms in total. The van der Waals surface area contributed by atoms with E-state index >= 15 is 0 Å². The first-order valence-corrected chi connectivity index (χ1v) is 5.65. The molecule has 0 spiro atoms. The van der Waals surface area contributed by atoms with Gasteiger partial charge in [-0.25, -0.2) is 0 Å². The lowest BCUT2D eigenvalue weighted by Crippen LogP contribution is -2.20. The fourth-order valence-corrected chi connectivity index (χ4v) is 3.30. The molecule has 0 amide bonds. The molecule has 1 aromatic rings. The Hall–Kier alpha value is -0.180. The van der Waals surface area contributed by atoms with E-state index in [1.165, 1.54) is 10.5 Å². The molecule has 1 aliphatic heterocycles. The van der Waals surface area contributed by atoms with E-state index in [9.17, 15) is 0 Å². The number of benzene rings is 1. The number of thioether (sulfide) groups is 1. The lowest BCUT2D eigenvalue weighted by molar-refractivity contribution is 0.748. The molecule has 3 heteroatoms. The van der Waals surface area contributed by atoms with Crippen molar-refractivity contribution in [3.05, 3.63) is 28.8 Å². The van der Waals surface area contributed by atoms with Gasteiger partial charge in [-0.2, -0.15) is 0 Å². The van der Waals surface area contributed by atoms with Gasteiger partial charge in [0.2, 0.25) is 0 Å². The van der Waals surface area contributed by atoms with Crippen LogP contribution >= 0.6 is 23.4 Å². The minimum Gasteiger partial charge on any atom is -0.319 e. The van der Waals surface area contributed by atoms with Crippen LogP contribution < -0.4 is 5.32 Å². The zero-order chi connectivity index (χ0) is 9.26. The maximum atomic E-state index is 6.10. The zero-order valence-corrected chi connectivity index (χ0v) is 9.08. The normalized spacial score (nSPS) is 20.3. The highest BCUT2D eigenvalue weighted by Crippen LogP contribution is 2.39. The Kier molecular flexibility index (Phi) is 2.82. The van der Waals surface area contributed by atoms with E-state index in [0.29, 0.717) is 5.25 Å². The van der Waals surface area contributed by atoms with Crippen LogP contribution in [0.1, 0.15) is 5.56 Å². The highest BCUT2D eigenvalue weighted by Gasteiger charge is 2.22. The molecular formula is C10H12ClNS. The quantitative estimate of drug-likeness (QED) is 0.811. The molecule has 1 aromatic carbocycles. The molecule has 1 heterocycles. The summed E-state index contributed by atoms with van der Waals surface area (Å²) in [5, 5.41) is 4.77. The van der Waals surface area contributed by atoms with Crippen LogP contribution in [0.5, 0.6) is 0 Å². The van der Waals surface area contributed by atoms with E-state index < -0.39 is 0 Å². The van der Waals surface area contributed by atoms with Crippen LogP contribution in [0.2, 0.25) is 5.02 Å². The number of hydrogen-bond donors (Lipinski definition) is 1. The van der Waals surface area contributed by atoms with Crippen LogP contribution in [0.15, 0.2) is 23.1 Å². The molecule has 70 valence electrons. The molecule has 0 aliphatic carbocycles. The molecule has 0 aromatic heterocycles. The van der Waals surface area contributed by atoms with Gasteiger partial charge in [0.05, 0.1) is 0 Å². The molecule has 2 rings (SSSR count). The van der Waals surface area contributed by atoms with Crippen LogP contribution in [0.4, 0.5) is 0 Å². The Balaban J connectivity index is 2.20. The monoisotopic (exact) mass is 213 g/mol. The number of rotatable bonds is 2. The van der Waals surface area contributed by atoms with Crippen molar-refractivity contribution in [3.63, 3.8) is 0 Å². The van der Waals surface area contributed by atoms with Crippen molar-refractivity contribution >= 4 is 23.4 Å². The molecule has 0 saturated heterocycles. The molecule has 0 saturated carbocycles. The number of nitrogens with one attached hydrogen (secondary N) is 1. The fourth-order valence-electron chi connectivity index (χ4n) is 1.64. The smallest absolute Gasteiger partial charge is 0.0449 e. The lowest BCUT2D eigenvalue weighted by atomic mass is 10.1. The van der Waals surface area contributed by atoms with Gasteiger partial charge in [-0.3, -0.25) is 0 Å². The van der Waals surface area contributed by atoms with Crippen LogP contribution in [0.3, 0.4) is 0 Å². The summed E-state index contributed by atoms with van der Waals surface area (Å²) in [6.07, 6.45) is 1.10. The second-order valence-corrected chi connectivity index (χ2v) is 4.97. The highest BCUT2D eigenvalue weighted by atomic mass is 35.5. The van der Waals surface area contributed by atoms with Gasteiger partial charge in [0.15, 0.2) is 0 Å². The zero-order valence-electron chi connectivity index (χ0n) is 7.51. The van der Waals surface area contributed by atoms with Crippen LogP contribution in [0, 0.1) is 0 Å². The molecule has 0 radical (unpaired) electrons. The molecule has 1 unspecified atom stereocenters. The average molecular weight is 214 g/mol. The van der Waals surface area contributed by atoms with E-state index in [-0.39, 0.29) is 0 Å². The van der Waals surface area contributed by atoms with Crippen molar-refractivity contribution in [1.29, 1.82) is 0 Å². The van der Waals surface area contributed by atoms with Gasteiger partial charge in [-0.1, -0.05) is 17.7 Å². The van der Waals surface area contributed by atoms with Gasteiger partial charge in [0.25, 0.3) is 0 Å². The topological polar surface area (TPSA) is 12.0 Å². The summed E-state index contributed by atoms with van der Waals surface area (Å²) < 4.78 is 0. The Labute approximate surface area is 87.9 Å². The van der Waals surface area contributed by atoms with Crippen LogP contribution in [-0.4, -0.2) is 18.8 Å². The SMILES string of the molecule is CNCC1Cc2c(Cl)cccc2S1. The van der Waals surface area contributed by atoms with Crippen LogP contribution in [-0.2, 0) is 6.42 Å². The third-order valence-electron chi connectivity index (χ3n) is 2.23. The summed E-state index contributed by atoms with van der Waals surface area (Å²) in [4.78, 5) is 1.35. The minimum atomic E-state index is 0.653. The van der Waals surface area contributed by atoms with E-state index in [1.807, 2.05) is 30.9 Å². The summed E-state index contributed by atoms with van der Waals surface area (Å²) in [6, 6.07) is 6.15. The molecule has 0 fully saturated rings. The van der Waals surface area contributed by atoms with Gasteiger partial charge in [-0.15, -0.1) is 11.8 Å². The predicted molar refractivity (Wildman–Crippen MR) is 58.7 cm³/mol. The maximum absolute atomic E-state index is 6.10. The van der Waals surface area contributed by atoms with E-state index in [0.717, 1.165) is 18.0 Å². The molecule has 1 atom stereocenters. The van der Waals surface area contributed by atoms with Gasteiger partial charge in [0, 0.05) is 21.7 Å². The highest BCUT2D eigenvalue weighted by molar-refractivity contribution is 8.00. The first kappa shape index (κ1) is 9.38. The first-order valence-electron chi connectivity index (χ1n) is 4.40. The van der Waals surface area contributed by atoms with Crippen molar-refractivity contribution in [2.75, 3.05) is 13.6 Å². The third-order valence-corrected chi connectivity index (χ3v) is 3.89. The van der Waals surface area contributed by atoms with Gasteiger partial charge in [0.1, 0.15) is 0 Å². The molecular weight excluding hydrogens is 202 g/mol. The Morgan fingerprint density at radius 2 is 2.46 bits per heavy atom. The van der Waals surface area contributed by atoms with Crippen molar-refractivity contribution in [2.45, 2.75) is 16.6 Å². The fraction of sp³-hybridized carbons (Fsp3) is 0.400. The lowest BCUT2D eigenvalue weighted by Gasteiger charge is -2.05. The Bertz CT molecular complexity index is 314. The Morgan fingerprint density at radius 3 is 3.15 bits per heavy atom.